The van der Waals surface area contributed by atoms with Crippen molar-refractivity contribution < 1.29 is 14.4 Å². The van der Waals surface area contributed by atoms with Crippen molar-refractivity contribution in [2.45, 2.75) is 13.3 Å². The molecule has 9 heteroatoms. The topological polar surface area (TPSA) is 78.5 Å². The molecule has 0 spiro atoms. The molecule has 1 aliphatic heterocycles. The number of aryl methyl sites for hydroxylation is 1. The molecule has 0 saturated carbocycles. The van der Waals surface area contributed by atoms with Crippen molar-refractivity contribution in [1.82, 2.24) is 0 Å². The van der Waals surface area contributed by atoms with Gasteiger partial charge in [-0.25, -0.2) is 4.90 Å². The Morgan fingerprint density at radius 1 is 0.882 bits per heavy atom. The van der Waals surface area contributed by atoms with Crippen LogP contribution in [0.1, 0.15) is 22.8 Å². The summed E-state index contributed by atoms with van der Waals surface area (Å²) in [6.07, 6.45) is 0.650. The SMILES string of the molecule is CCc1ccccc1N1C(=O)C(Cl)=C(Nc2ccc(C(=O)Nc3cccc(Cl)c3Cl)cc2)C1=O. The highest BCUT2D eigenvalue weighted by atomic mass is 35.5. The van der Waals surface area contributed by atoms with E-state index in [2.05, 4.69) is 10.6 Å². The Hall–Kier alpha value is -3.32. The summed E-state index contributed by atoms with van der Waals surface area (Å²) in [5.41, 5.74) is 2.55. The molecular weight excluding hydrogens is 497 g/mol. The molecule has 0 aromatic heterocycles. The lowest BCUT2D eigenvalue weighted by molar-refractivity contribution is -0.120. The summed E-state index contributed by atoms with van der Waals surface area (Å²) in [5, 5.41) is 5.98. The van der Waals surface area contributed by atoms with Crippen molar-refractivity contribution in [3.8, 4) is 0 Å². The zero-order valence-corrected chi connectivity index (χ0v) is 20.1. The molecule has 2 N–H and O–H groups in total. The summed E-state index contributed by atoms with van der Waals surface area (Å²) >= 11 is 18.3. The van der Waals surface area contributed by atoms with Crippen LogP contribution in [-0.4, -0.2) is 17.7 Å². The van der Waals surface area contributed by atoms with Gasteiger partial charge in [0.05, 0.1) is 21.4 Å². The summed E-state index contributed by atoms with van der Waals surface area (Å²) in [7, 11) is 0. The smallest absolute Gasteiger partial charge is 0.283 e. The van der Waals surface area contributed by atoms with E-state index in [1.807, 2.05) is 19.1 Å². The number of hydrogen-bond donors (Lipinski definition) is 2. The molecule has 172 valence electrons. The summed E-state index contributed by atoms with van der Waals surface area (Å²) in [4.78, 5) is 39.4. The molecule has 0 atom stereocenters. The van der Waals surface area contributed by atoms with Crippen LogP contribution in [0.2, 0.25) is 10.0 Å². The number of carbonyl (C=O) groups excluding carboxylic acids is 3. The molecule has 0 fully saturated rings. The first-order chi connectivity index (χ1) is 16.3. The van der Waals surface area contributed by atoms with Crippen LogP contribution in [0.15, 0.2) is 77.5 Å². The van der Waals surface area contributed by atoms with Gasteiger partial charge in [0.1, 0.15) is 10.7 Å². The standard InChI is InChI=1S/C25H18Cl3N3O3/c1-2-14-6-3-4-9-19(14)31-24(33)21(28)22(25(31)34)29-16-12-10-15(11-13-16)23(32)30-18-8-5-7-17(26)20(18)27/h3-13,29H,2H2,1H3,(H,30,32). The van der Waals surface area contributed by atoms with Crippen molar-refractivity contribution in [2.75, 3.05) is 15.5 Å². The zero-order chi connectivity index (χ0) is 24.4. The van der Waals surface area contributed by atoms with E-state index in [-0.39, 0.29) is 21.7 Å². The Morgan fingerprint density at radius 3 is 2.29 bits per heavy atom. The maximum atomic E-state index is 13.0. The average molecular weight is 515 g/mol. The predicted octanol–water partition coefficient (Wildman–Crippen LogP) is 6.24. The van der Waals surface area contributed by atoms with Crippen LogP contribution in [0, 0.1) is 0 Å². The maximum absolute atomic E-state index is 13.0. The second-order valence-electron chi connectivity index (χ2n) is 7.37. The van der Waals surface area contributed by atoms with Gasteiger partial charge in [-0.3, -0.25) is 14.4 Å². The average Bonchev–Trinajstić information content (AvgIpc) is 3.05. The van der Waals surface area contributed by atoms with Gasteiger partial charge in [0.2, 0.25) is 0 Å². The van der Waals surface area contributed by atoms with Crippen LogP contribution in [0.5, 0.6) is 0 Å². The number of para-hydroxylation sites is 1. The first-order valence-corrected chi connectivity index (χ1v) is 11.4. The monoisotopic (exact) mass is 513 g/mol. The first-order valence-electron chi connectivity index (χ1n) is 10.3. The number of imide groups is 1. The molecular formula is C25H18Cl3N3O3. The fourth-order valence-corrected chi connectivity index (χ4v) is 4.06. The van der Waals surface area contributed by atoms with E-state index in [4.69, 9.17) is 34.8 Å². The van der Waals surface area contributed by atoms with Crippen LogP contribution >= 0.6 is 34.8 Å². The molecule has 0 bridgehead atoms. The van der Waals surface area contributed by atoms with Crippen LogP contribution in [0.4, 0.5) is 17.1 Å². The zero-order valence-electron chi connectivity index (χ0n) is 17.9. The highest BCUT2D eigenvalue weighted by Crippen LogP contribution is 2.33. The van der Waals surface area contributed by atoms with Crippen molar-refractivity contribution in [3.05, 3.63) is 98.6 Å². The summed E-state index contributed by atoms with van der Waals surface area (Å²) < 4.78 is 0. The van der Waals surface area contributed by atoms with Gasteiger partial charge in [0.15, 0.2) is 0 Å². The highest BCUT2D eigenvalue weighted by molar-refractivity contribution is 6.53. The van der Waals surface area contributed by atoms with E-state index in [9.17, 15) is 14.4 Å². The van der Waals surface area contributed by atoms with E-state index in [0.29, 0.717) is 34.1 Å². The van der Waals surface area contributed by atoms with Crippen LogP contribution in [-0.2, 0) is 16.0 Å². The van der Waals surface area contributed by atoms with Gasteiger partial charge in [0, 0.05) is 11.3 Å². The summed E-state index contributed by atoms with van der Waals surface area (Å²) in [6, 6.07) is 18.4. The van der Waals surface area contributed by atoms with Gasteiger partial charge in [-0.05, 0) is 54.4 Å². The summed E-state index contributed by atoms with van der Waals surface area (Å²) in [5.74, 6) is -1.53. The van der Waals surface area contributed by atoms with Gasteiger partial charge in [-0.2, -0.15) is 0 Å². The van der Waals surface area contributed by atoms with Crippen LogP contribution in [0.25, 0.3) is 0 Å². The summed E-state index contributed by atoms with van der Waals surface area (Å²) in [6.45, 7) is 1.94. The number of nitrogens with one attached hydrogen (secondary N) is 2. The molecule has 3 amide bonds. The van der Waals surface area contributed by atoms with Crippen LogP contribution < -0.4 is 15.5 Å². The molecule has 3 aromatic carbocycles. The van der Waals surface area contributed by atoms with Crippen molar-refractivity contribution in [3.63, 3.8) is 0 Å². The molecule has 0 aliphatic carbocycles. The Morgan fingerprint density at radius 2 is 1.59 bits per heavy atom. The fourth-order valence-electron chi connectivity index (χ4n) is 3.50. The van der Waals surface area contributed by atoms with E-state index in [1.165, 1.54) is 0 Å². The quantitative estimate of drug-likeness (QED) is 0.382. The highest BCUT2D eigenvalue weighted by Gasteiger charge is 2.39. The molecule has 1 heterocycles. The number of nitrogens with zero attached hydrogens (tertiary/aromatic N) is 1. The number of benzene rings is 3. The lowest BCUT2D eigenvalue weighted by atomic mass is 10.1. The minimum atomic E-state index is -0.593. The van der Waals surface area contributed by atoms with Crippen molar-refractivity contribution >= 4 is 69.6 Å². The third kappa shape index (κ3) is 4.53. The molecule has 34 heavy (non-hydrogen) atoms. The van der Waals surface area contributed by atoms with Crippen molar-refractivity contribution in [1.29, 1.82) is 0 Å². The Kier molecular flexibility index (Phi) is 6.93. The number of anilines is 3. The largest absolute Gasteiger partial charge is 0.350 e. The van der Waals surface area contributed by atoms with Gasteiger partial charge >= 0.3 is 0 Å². The second-order valence-corrected chi connectivity index (χ2v) is 8.54. The number of rotatable bonds is 6. The predicted molar refractivity (Wildman–Crippen MR) is 136 cm³/mol. The molecule has 1 aliphatic rings. The fraction of sp³-hybridized carbons (Fsp3) is 0.0800. The molecule has 0 saturated heterocycles. The minimum absolute atomic E-state index is 0.0273. The van der Waals surface area contributed by atoms with Gasteiger partial charge < -0.3 is 10.6 Å². The first kappa shape index (κ1) is 23.8. The minimum Gasteiger partial charge on any atom is -0.350 e. The lowest BCUT2D eigenvalue weighted by Gasteiger charge is -2.18. The van der Waals surface area contributed by atoms with E-state index in [1.54, 1.807) is 54.6 Å². The Bertz CT molecular complexity index is 1340. The Labute approximate surface area is 211 Å². The second kappa shape index (κ2) is 9.89. The molecule has 0 radical (unpaired) electrons. The third-order valence-electron chi connectivity index (χ3n) is 5.26. The van der Waals surface area contributed by atoms with Gasteiger partial charge in [0.25, 0.3) is 17.7 Å². The van der Waals surface area contributed by atoms with Gasteiger partial charge in [-0.15, -0.1) is 0 Å². The number of amides is 3. The normalized spacial score (nSPS) is 13.5. The lowest BCUT2D eigenvalue weighted by Crippen LogP contribution is -2.33. The molecule has 3 aromatic rings. The van der Waals surface area contributed by atoms with Crippen LogP contribution in [0.3, 0.4) is 0 Å². The number of hydrogen-bond acceptors (Lipinski definition) is 4. The van der Waals surface area contributed by atoms with Crippen molar-refractivity contribution in [2.24, 2.45) is 0 Å². The van der Waals surface area contributed by atoms with E-state index < -0.39 is 11.8 Å². The molecule has 4 rings (SSSR count). The third-order valence-corrected chi connectivity index (χ3v) is 6.43. The maximum Gasteiger partial charge on any atom is 0.283 e. The molecule has 0 unspecified atom stereocenters. The van der Waals surface area contributed by atoms with Gasteiger partial charge in [-0.1, -0.05) is 66.0 Å². The Balaban J connectivity index is 1.51. The number of carbonyl (C=O) groups is 3. The van der Waals surface area contributed by atoms with E-state index in [0.717, 1.165) is 10.5 Å². The number of halogens is 3. The van der Waals surface area contributed by atoms with E-state index >= 15 is 0 Å². The molecule has 6 nitrogen and oxygen atoms in total.